The van der Waals surface area contributed by atoms with Gasteiger partial charge in [0.2, 0.25) is 0 Å². The van der Waals surface area contributed by atoms with Crippen molar-refractivity contribution in [2.75, 3.05) is 19.8 Å². The van der Waals surface area contributed by atoms with E-state index in [0.29, 0.717) is 6.42 Å². The number of aliphatic hydroxyl groups is 6. The maximum Gasteiger partial charge on any atom is 1.00 e. The van der Waals surface area contributed by atoms with Crippen molar-refractivity contribution < 1.29 is 92.9 Å². The van der Waals surface area contributed by atoms with Crippen molar-refractivity contribution in [2.45, 2.75) is 120 Å². The molecule has 2 saturated heterocycles. The van der Waals surface area contributed by atoms with E-state index < -0.39 is 82.4 Å². The minimum Gasteiger partial charge on any atom is -0.756 e. The van der Waals surface area contributed by atoms with Crippen LogP contribution in [0.1, 0.15) is 58.3 Å². The second kappa shape index (κ2) is 19.4. The summed E-state index contributed by atoms with van der Waals surface area (Å²) in [4.78, 5) is 15.0. The van der Waals surface area contributed by atoms with Crippen LogP contribution in [0.2, 0.25) is 0 Å². The molecule has 0 bridgehead atoms. The molecule has 0 amide bonds. The number of phosphoric ester groups is 1. The van der Waals surface area contributed by atoms with E-state index in [2.05, 4.69) is 16.9 Å². The topological polar surface area (TPSA) is 256 Å². The van der Waals surface area contributed by atoms with Crippen LogP contribution in [0.15, 0.2) is 5.11 Å². The van der Waals surface area contributed by atoms with Crippen LogP contribution in [0.25, 0.3) is 10.4 Å². The first-order chi connectivity index (χ1) is 18.6. The van der Waals surface area contributed by atoms with Crippen LogP contribution in [0, 0.1) is 0 Å². The molecular weight excluding hydrogens is 568 g/mol. The fraction of sp³-hybridized carbons (Fsp3) is 1.00. The van der Waals surface area contributed by atoms with Crippen LogP contribution >= 0.6 is 7.82 Å². The molecule has 0 aromatic carbocycles. The molecular formula is C22H41N3NaO13P. The molecule has 0 spiro atoms. The van der Waals surface area contributed by atoms with E-state index in [-0.39, 0.29) is 36.2 Å². The van der Waals surface area contributed by atoms with Gasteiger partial charge in [-0.2, -0.15) is 0 Å². The second-order valence-corrected chi connectivity index (χ2v) is 10.9. The molecule has 2 aliphatic rings. The van der Waals surface area contributed by atoms with Crippen molar-refractivity contribution in [3.63, 3.8) is 0 Å². The Kier molecular flexibility index (Phi) is 18.4. The molecule has 0 radical (unpaired) electrons. The van der Waals surface area contributed by atoms with Crippen LogP contribution in [0.3, 0.4) is 0 Å². The van der Waals surface area contributed by atoms with Crippen molar-refractivity contribution in [3.8, 4) is 0 Å². The first kappa shape index (κ1) is 38.1. The van der Waals surface area contributed by atoms with E-state index in [4.69, 9.17) is 28.8 Å². The average molecular weight is 610 g/mol. The van der Waals surface area contributed by atoms with Gasteiger partial charge < -0.3 is 54.3 Å². The Hall–Kier alpha value is 0.0600. The van der Waals surface area contributed by atoms with E-state index in [1.54, 1.807) is 0 Å². The molecule has 2 aliphatic heterocycles. The fourth-order valence-electron chi connectivity index (χ4n) is 4.39. The van der Waals surface area contributed by atoms with E-state index in [1.807, 2.05) is 0 Å². The number of ether oxygens (including phenoxy) is 3. The van der Waals surface area contributed by atoms with Gasteiger partial charge in [0.15, 0.2) is 12.6 Å². The third-order valence-corrected chi connectivity index (χ3v) is 7.59. The predicted octanol–water partition coefficient (Wildman–Crippen LogP) is -3.43. The molecule has 2 rings (SSSR count). The Bertz CT molecular complexity index is 812. The van der Waals surface area contributed by atoms with Gasteiger partial charge in [0.05, 0.1) is 25.9 Å². The average Bonchev–Trinajstić information content (AvgIpc) is 2.91. The summed E-state index contributed by atoms with van der Waals surface area (Å²) in [7, 11) is -4.99. The molecule has 0 aromatic rings. The number of unbranched alkanes of at least 4 members (excludes halogenated alkanes) is 7. The van der Waals surface area contributed by atoms with Crippen LogP contribution in [0.4, 0.5) is 0 Å². The molecule has 2 fully saturated rings. The van der Waals surface area contributed by atoms with Gasteiger partial charge in [0, 0.05) is 4.91 Å². The predicted molar refractivity (Wildman–Crippen MR) is 131 cm³/mol. The normalized spacial score (nSPS) is 35.8. The quantitative estimate of drug-likeness (QED) is 0.0235. The van der Waals surface area contributed by atoms with Crippen LogP contribution in [0.5, 0.6) is 0 Å². The van der Waals surface area contributed by atoms with Crippen molar-refractivity contribution in [3.05, 3.63) is 10.4 Å². The smallest absolute Gasteiger partial charge is 0.756 e. The van der Waals surface area contributed by atoms with Crippen LogP contribution < -0.4 is 34.5 Å². The molecule has 18 heteroatoms. The first-order valence-corrected chi connectivity index (χ1v) is 14.6. The number of rotatable bonds is 17. The molecule has 16 nitrogen and oxygen atoms in total. The van der Waals surface area contributed by atoms with Gasteiger partial charge >= 0.3 is 29.6 Å². The van der Waals surface area contributed by atoms with Gasteiger partial charge in [0.25, 0.3) is 7.82 Å². The van der Waals surface area contributed by atoms with Crippen molar-refractivity contribution in [1.29, 1.82) is 0 Å². The Morgan fingerprint density at radius 3 is 2.02 bits per heavy atom. The van der Waals surface area contributed by atoms with Gasteiger partial charge in [-0.05, 0) is 12.0 Å². The van der Waals surface area contributed by atoms with E-state index in [0.717, 1.165) is 32.1 Å². The third kappa shape index (κ3) is 11.3. The van der Waals surface area contributed by atoms with E-state index in [1.165, 1.54) is 12.8 Å². The summed E-state index contributed by atoms with van der Waals surface area (Å²) < 4.78 is 38.3. The summed E-state index contributed by atoms with van der Waals surface area (Å²) in [6.07, 6.45) is -7.32. The molecule has 1 unspecified atom stereocenters. The molecule has 0 aliphatic carbocycles. The summed E-state index contributed by atoms with van der Waals surface area (Å²) in [5.74, 6) is 0. The summed E-state index contributed by atoms with van der Waals surface area (Å²) in [6.45, 7) is 0.398. The summed E-state index contributed by atoms with van der Waals surface area (Å²) in [5.41, 5.74) is 8.96. The third-order valence-electron chi connectivity index (χ3n) is 6.63. The van der Waals surface area contributed by atoms with Gasteiger partial charge in [0.1, 0.15) is 42.7 Å². The number of phosphoric acid groups is 1. The van der Waals surface area contributed by atoms with Crippen molar-refractivity contribution >= 4 is 7.82 Å². The first-order valence-electron chi connectivity index (χ1n) is 13.2. The molecule has 11 atom stereocenters. The Labute approximate surface area is 255 Å². The molecule has 2 heterocycles. The second-order valence-electron chi connectivity index (χ2n) is 9.57. The van der Waals surface area contributed by atoms with Crippen LogP contribution in [-0.2, 0) is 27.8 Å². The Morgan fingerprint density at radius 1 is 0.875 bits per heavy atom. The Balaban J connectivity index is 0.00000800. The number of aliphatic hydroxyl groups excluding tert-OH is 6. The number of nitrogens with zero attached hydrogens (tertiary/aromatic N) is 3. The largest absolute Gasteiger partial charge is 1.00 e. The summed E-state index contributed by atoms with van der Waals surface area (Å²) >= 11 is 0. The molecule has 6 N–H and O–H groups in total. The maximum absolute atomic E-state index is 12.4. The zero-order valence-corrected chi connectivity index (χ0v) is 25.8. The van der Waals surface area contributed by atoms with Crippen LogP contribution in [-0.4, -0.2) is 112 Å². The Morgan fingerprint density at radius 2 is 1.45 bits per heavy atom. The maximum atomic E-state index is 12.4. The van der Waals surface area contributed by atoms with Gasteiger partial charge in [-0.25, -0.2) is 0 Å². The van der Waals surface area contributed by atoms with Gasteiger partial charge in [-0.15, -0.1) is 0 Å². The molecule has 40 heavy (non-hydrogen) atoms. The SMILES string of the molecule is CCCCCCCCCCOP(=O)([O-])O[C@H]1O[C@H](CO)[C@@H](O[C@@H]2O[C@H](CO)[C@H](O)[C@H](O)[C@H]2O)[C@H](O)[C@@H]1N=[N+]=[N-].[Na+]. The fourth-order valence-corrected chi connectivity index (χ4v) is 5.24. The zero-order chi connectivity index (χ0) is 29.0. The van der Waals surface area contributed by atoms with Crippen molar-refractivity contribution in [2.24, 2.45) is 5.11 Å². The van der Waals surface area contributed by atoms with Crippen molar-refractivity contribution in [1.82, 2.24) is 0 Å². The number of hydrogen-bond donors (Lipinski definition) is 6. The number of hydrogen-bond acceptors (Lipinski definition) is 14. The number of azide groups is 1. The monoisotopic (exact) mass is 609 g/mol. The summed E-state index contributed by atoms with van der Waals surface area (Å²) in [5, 5.41) is 63.5. The molecule has 0 saturated carbocycles. The molecule has 228 valence electrons. The zero-order valence-electron chi connectivity index (χ0n) is 22.9. The molecule has 0 aromatic heterocycles. The van der Waals surface area contributed by atoms with E-state index in [9.17, 15) is 40.1 Å². The van der Waals surface area contributed by atoms with Gasteiger partial charge in [-0.1, -0.05) is 57.0 Å². The van der Waals surface area contributed by atoms with E-state index >= 15 is 0 Å². The summed E-state index contributed by atoms with van der Waals surface area (Å²) in [6, 6.07) is -1.71. The minimum atomic E-state index is -4.99. The standard InChI is InChI=1S/C22H42N3O13P.Na/c1-2-3-4-5-6-7-8-9-10-34-39(32,33)38-21-15(24-25-23)17(29)20(14(12-27)36-21)37-22-19(31)18(30)16(28)13(11-26)35-22;/h13-22,26-31H,2-12H2,1H3,(H,32,33);/q;+1/p-1/t13-,14-,15+,16+,17-,18+,19-,20-,21-,22+;/m1./s1. The van der Waals surface area contributed by atoms with Gasteiger partial charge in [-0.3, -0.25) is 9.09 Å². The minimum absolute atomic E-state index is 0.